The second-order valence-electron chi connectivity index (χ2n) is 6.16. The van der Waals surface area contributed by atoms with Crippen molar-refractivity contribution in [2.45, 2.75) is 40.5 Å². The zero-order chi connectivity index (χ0) is 19.8. The molecule has 0 radical (unpaired) electrons. The van der Waals surface area contributed by atoms with Crippen LogP contribution >= 0.6 is 0 Å². The maximum atomic E-state index is 11.4. The number of aromatic nitrogens is 2. The van der Waals surface area contributed by atoms with Gasteiger partial charge >= 0.3 is 5.97 Å². The molecular formula is C17H21N5O4. The smallest absolute Gasteiger partial charge is 0.303 e. The third-order valence-corrected chi connectivity index (χ3v) is 4.62. The number of nitro benzene ring substituents is 1. The monoisotopic (exact) mass is 359 g/mol. The minimum absolute atomic E-state index is 0.0442. The third-order valence-electron chi connectivity index (χ3n) is 4.62. The molecule has 2 rings (SSSR count). The number of nitrogens with two attached hydrogens (primary N) is 2. The molecule has 1 aromatic heterocycles. The van der Waals surface area contributed by atoms with Crippen LogP contribution in [0.2, 0.25) is 0 Å². The zero-order valence-corrected chi connectivity index (χ0v) is 15.1. The lowest BCUT2D eigenvalue weighted by Crippen LogP contribution is -2.11. The van der Waals surface area contributed by atoms with Crippen molar-refractivity contribution in [3.8, 4) is 11.1 Å². The third kappa shape index (κ3) is 3.28. The van der Waals surface area contributed by atoms with Crippen LogP contribution in [-0.2, 0) is 11.2 Å². The Morgan fingerprint density at radius 3 is 2.04 bits per heavy atom. The molecule has 0 unspecified atom stereocenters. The summed E-state index contributed by atoms with van der Waals surface area (Å²) in [5.41, 5.74) is 15.8. The van der Waals surface area contributed by atoms with Crippen LogP contribution in [0.4, 0.5) is 17.5 Å². The highest BCUT2D eigenvalue weighted by Crippen LogP contribution is 2.41. The first-order valence-corrected chi connectivity index (χ1v) is 7.95. The molecule has 26 heavy (non-hydrogen) atoms. The Labute approximate surface area is 150 Å². The standard InChI is InChI=1S/C17H21N5O4/c1-7-9(3)15(22(25)26)10(4)8(2)13(7)14-11(5-6-12(23)24)20-17(19)21-16(14)18/h5-6H2,1-4H3,(H,23,24)(H4,18,19,20,21). The molecule has 138 valence electrons. The average Bonchev–Trinajstić information content (AvgIpc) is 2.52. The van der Waals surface area contributed by atoms with Gasteiger partial charge < -0.3 is 16.6 Å². The van der Waals surface area contributed by atoms with Crippen LogP contribution in [0.25, 0.3) is 11.1 Å². The van der Waals surface area contributed by atoms with E-state index in [0.29, 0.717) is 39.1 Å². The molecule has 0 bridgehead atoms. The van der Waals surface area contributed by atoms with E-state index < -0.39 is 10.9 Å². The van der Waals surface area contributed by atoms with E-state index >= 15 is 0 Å². The minimum atomic E-state index is -0.976. The topological polar surface area (TPSA) is 158 Å². The van der Waals surface area contributed by atoms with Crippen molar-refractivity contribution in [3.05, 3.63) is 38.1 Å². The first-order chi connectivity index (χ1) is 12.1. The van der Waals surface area contributed by atoms with Crippen LogP contribution in [0.15, 0.2) is 0 Å². The van der Waals surface area contributed by atoms with E-state index in [1.165, 1.54) is 0 Å². The molecule has 0 aliphatic heterocycles. The molecule has 0 atom stereocenters. The Kier molecular flexibility index (Phi) is 5.10. The normalized spacial score (nSPS) is 10.8. The summed E-state index contributed by atoms with van der Waals surface area (Å²) in [6, 6.07) is 0. The Balaban J connectivity index is 2.84. The molecule has 1 aromatic carbocycles. The molecule has 0 aliphatic rings. The SMILES string of the molecule is Cc1c(C)c([N+](=O)[O-])c(C)c(C)c1-c1c(N)nc(N)nc1CCC(=O)O. The fourth-order valence-corrected chi connectivity index (χ4v) is 3.17. The van der Waals surface area contributed by atoms with E-state index in [4.69, 9.17) is 16.6 Å². The van der Waals surface area contributed by atoms with Gasteiger partial charge in [0.2, 0.25) is 5.95 Å². The van der Waals surface area contributed by atoms with Gasteiger partial charge in [0.1, 0.15) is 5.82 Å². The van der Waals surface area contributed by atoms with Crippen molar-refractivity contribution in [2.75, 3.05) is 11.5 Å². The molecule has 0 amide bonds. The highest BCUT2D eigenvalue weighted by atomic mass is 16.6. The Hall–Kier alpha value is -3.23. The summed E-state index contributed by atoms with van der Waals surface area (Å²) in [5.74, 6) is -0.898. The maximum Gasteiger partial charge on any atom is 0.303 e. The van der Waals surface area contributed by atoms with Crippen LogP contribution in [0, 0.1) is 37.8 Å². The molecule has 0 saturated carbocycles. The Bertz CT molecular complexity index is 895. The molecule has 9 heteroatoms. The quantitative estimate of drug-likeness (QED) is 0.542. The first-order valence-electron chi connectivity index (χ1n) is 7.95. The van der Waals surface area contributed by atoms with E-state index in [9.17, 15) is 14.9 Å². The molecule has 5 N–H and O–H groups in total. The number of anilines is 2. The van der Waals surface area contributed by atoms with Crippen molar-refractivity contribution in [2.24, 2.45) is 0 Å². The van der Waals surface area contributed by atoms with Crippen molar-refractivity contribution in [1.82, 2.24) is 9.97 Å². The molecule has 2 aromatic rings. The molecular weight excluding hydrogens is 338 g/mol. The van der Waals surface area contributed by atoms with Gasteiger partial charge in [-0.2, -0.15) is 4.98 Å². The number of hydrogen-bond acceptors (Lipinski definition) is 7. The summed E-state index contributed by atoms with van der Waals surface area (Å²) in [6.07, 6.45) is -0.0263. The van der Waals surface area contributed by atoms with Crippen LogP contribution in [-0.4, -0.2) is 26.0 Å². The second kappa shape index (κ2) is 6.95. The molecule has 0 fully saturated rings. The molecule has 0 spiro atoms. The number of rotatable bonds is 5. The van der Waals surface area contributed by atoms with E-state index in [-0.39, 0.29) is 30.3 Å². The molecule has 0 saturated heterocycles. The summed E-state index contributed by atoms with van der Waals surface area (Å²) in [7, 11) is 0. The lowest BCUT2D eigenvalue weighted by molar-refractivity contribution is -0.386. The second-order valence-corrected chi connectivity index (χ2v) is 6.16. The summed E-state index contributed by atoms with van der Waals surface area (Å²) < 4.78 is 0. The van der Waals surface area contributed by atoms with Crippen molar-refractivity contribution < 1.29 is 14.8 Å². The van der Waals surface area contributed by atoms with Crippen LogP contribution < -0.4 is 11.5 Å². The highest BCUT2D eigenvalue weighted by Gasteiger charge is 2.26. The van der Waals surface area contributed by atoms with E-state index in [1.54, 1.807) is 27.7 Å². The van der Waals surface area contributed by atoms with Crippen LogP contribution in [0.3, 0.4) is 0 Å². The number of aliphatic carboxylic acids is 1. The molecule has 0 aliphatic carbocycles. The Morgan fingerprint density at radius 2 is 1.58 bits per heavy atom. The van der Waals surface area contributed by atoms with Gasteiger partial charge in [0, 0.05) is 23.1 Å². The van der Waals surface area contributed by atoms with Gasteiger partial charge in [0.05, 0.1) is 17.0 Å². The zero-order valence-electron chi connectivity index (χ0n) is 15.1. The maximum absolute atomic E-state index is 11.4. The number of nitro groups is 1. The van der Waals surface area contributed by atoms with Crippen molar-refractivity contribution >= 4 is 23.4 Å². The van der Waals surface area contributed by atoms with Gasteiger partial charge in [-0.3, -0.25) is 14.9 Å². The van der Waals surface area contributed by atoms with Crippen molar-refractivity contribution in [3.63, 3.8) is 0 Å². The minimum Gasteiger partial charge on any atom is -0.481 e. The Morgan fingerprint density at radius 1 is 1.04 bits per heavy atom. The van der Waals surface area contributed by atoms with E-state index in [2.05, 4.69) is 9.97 Å². The predicted molar refractivity (Wildman–Crippen MR) is 97.9 cm³/mol. The lowest BCUT2D eigenvalue weighted by Gasteiger charge is -2.19. The van der Waals surface area contributed by atoms with Gasteiger partial charge in [-0.25, -0.2) is 4.98 Å². The number of benzene rings is 1. The number of carboxylic acid groups (broad SMARTS) is 1. The van der Waals surface area contributed by atoms with Gasteiger partial charge in [-0.05, 0) is 44.4 Å². The number of hydrogen-bond donors (Lipinski definition) is 3. The van der Waals surface area contributed by atoms with Gasteiger partial charge in [-0.1, -0.05) is 0 Å². The van der Waals surface area contributed by atoms with Crippen LogP contribution in [0.1, 0.15) is 34.4 Å². The number of carboxylic acids is 1. The average molecular weight is 359 g/mol. The van der Waals surface area contributed by atoms with Gasteiger partial charge in [0.15, 0.2) is 0 Å². The summed E-state index contributed by atoms with van der Waals surface area (Å²) in [4.78, 5) is 30.2. The first kappa shape index (κ1) is 19.1. The summed E-state index contributed by atoms with van der Waals surface area (Å²) >= 11 is 0. The largest absolute Gasteiger partial charge is 0.481 e. The van der Waals surface area contributed by atoms with E-state index in [1.807, 2.05) is 0 Å². The fourth-order valence-electron chi connectivity index (χ4n) is 3.17. The van der Waals surface area contributed by atoms with E-state index in [0.717, 1.165) is 0 Å². The highest BCUT2D eigenvalue weighted by molar-refractivity contribution is 5.85. The lowest BCUT2D eigenvalue weighted by atomic mass is 9.87. The predicted octanol–water partition coefficient (Wildman–Crippen LogP) is 2.47. The number of aryl methyl sites for hydroxylation is 1. The van der Waals surface area contributed by atoms with Crippen LogP contribution in [0.5, 0.6) is 0 Å². The summed E-state index contributed by atoms with van der Waals surface area (Å²) in [6.45, 7) is 6.88. The number of nitrogen functional groups attached to an aromatic ring is 2. The summed E-state index contributed by atoms with van der Waals surface area (Å²) in [5, 5.41) is 20.4. The van der Waals surface area contributed by atoms with Crippen molar-refractivity contribution in [1.29, 1.82) is 0 Å². The number of carbonyl (C=O) groups is 1. The fraction of sp³-hybridized carbons (Fsp3) is 0.353. The molecule has 1 heterocycles. The number of nitrogens with zero attached hydrogens (tertiary/aromatic N) is 3. The van der Waals surface area contributed by atoms with Gasteiger partial charge in [-0.15, -0.1) is 0 Å². The van der Waals surface area contributed by atoms with Gasteiger partial charge in [0.25, 0.3) is 5.69 Å². The molecule has 9 nitrogen and oxygen atoms in total.